The Bertz CT molecular complexity index is 660. The molecule has 114 valence electrons. The molecule has 1 fully saturated rings. The number of nitrogens with one attached hydrogen (secondary N) is 1. The van der Waals surface area contributed by atoms with E-state index in [4.69, 9.17) is 5.11 Å². The minimum absolute atomic E-state index is 0.0312. The Hall–Kier alpha value is -1.93. The molecule has 7 nitrogen and oxygen atoms in total. The number of carbonyl (C=O) groups is 2. The van der Waals surface area contributed by atoms with Crippen molar-refractivity contribution in [3.63, 3.8) is 0 Å². The number of ether oxygens (including phenoxy) is 1. The first-order valence-electron chi connectivity index (χ1n) is 6.22. The number of esters is 1. The van der Waals surface area contributed by atoms with Crippen LogP contribution in [0, 0.1) is 5.41 Å². The van der Waals surface area contributed by atoms with E-state index < -0.39 is 27.4 Å². The van der Waals surface area contributed by atoms with Gasteiger partial charge in [0.1, 0.15) is 0 Å². The van der Waals surface area contributed by atoms with Crippen molar-refractivity contribution >= 4 is 22.0 Å². The van der Waals surface area contributed by atoms with Gasteiger partial charge in [0.25, 0.3) is 0 Å². The third kappa shape index (κ3) is 3.22. The number of benzene rings is 1. The molecular weight excluding hydrogens is 298 g/mol. The van der Waals surface area contributed by atoms with E-state index in [0.29, 0.717) is 12.8 Å². The predicted octanol–water partition coefficient (Wildman–Crippen LogP) is 0.616. The summed E-state index contributed by atoms with van der Waals surface area (Å²) in [4.78, 5) is 22.2. The van der Waals surface area contributed by atoms with Crippen LogP contribution in [-0.2, 0) is 19.6 Å². The Morgan fingerprint density at radius 1 is 1.29 bits per heavy atom. The Kier molecular flexibility index (Phi) is 4.02. The average Bonchev–Trinajstić information content (AvgIpc) is 3.26. The van der Waals surface area contributed by atoms with E-state index in [1.54, 1.807) is 0 Å². The fraction of sp³-hybridized carbons (Fsp3) is 0.385. The molecule has 2 rings (SSSR count). The van der Waals surface area contributed by atoms with E-state index >= 15 is 0 Å². The number of carboxylic acids is 1. The minimum atomic E-state index is -3.80. The molecule has 0 heterocycles. The van der Waals surface area contributed by atoms with Gasteiger partial charge >= 0.3 is 11.9 Å². The third-order valence-electron chi connectivity index (χ3n) is 3.49. The van der Waals surface area contributed by atoms with Gasteiger partial charge in [-0.3, -0.25) is 4.79 Å². The van der Waals surface area contributed by atoms with Crippen molar-refractivity contribution in [3.05, 3.63) is 29.8 Å². The van der Waals surface area contributed by atoms with E-state index in [2.05, 4.69) is 9.46 Å². The van der Waals surface area contributed by atoms with Crippen LogP contribution in [0.4, 0.5) is 0 Å². The Balaban J connectivity index is 2.09. The summed E-state index contributed by atoms with van der Waals surface area (Å²) in [6.07, 6.45) is 0.929. The molecule has 0 spiro atoms. The molecular formula is C13H15NO6S. The number of rotatable bonds is 6. The topological polar surface area (TPSA) is 110 Å². The smallest absolute Gasteiger partial charge is 0.337 e. The van der Waals surface area contributed by atoms with Gasteiger partial charge in [-0.1, -0.05) is 0 Å². The van der Waals surface area contributed by atoms with Gasteiger partial charge in [-0.05, 0) is 37.1 Å². The summed E-state index contributed by atoms with van der Waals surface area (Å²) in [5, 5.41) is 9.01. The molecule has 0 bridgehead atoms. The molecule has 1 saturated carbocycles. The molecule has 1 aliphatic rings. The van der Waals surface area contributed by atoms with Crippen LogP contribution in [0.15, 0.2) is 29.2 Å². The highest BCUT2D eigenvalue weighted by Gasteiger charge is 2.50. The van der Waals surface area contributed by atoms with Gasteiger partial charge in [-0.25, -0.2) is 17.9 Å². The molecule has 0 aliphatic heterocycles. The Labute approximate surface area is 122 Å². The summed E-state index contributed by atoms with van der Waals surface area (Å²) in [5.74, 6) is -1.55. The maximum Gasteiger partial charge on any atom is 0.337 e. The number of sulfonamides is 1. The largest absolute Gasteiger partial charge is 0.481 e. The average molecular weight is 313 g/mol. The quantitative estimate of drug-likeness (QED) is 0.745. The van der Waals surface area contributed by atoms with Gasteiger partial charge < -0.3 is 9.84 Å². The van der Waals surface area contributed by atoms with E-state index in [1.807, 2.05) is 0 Å². The summed E-state index contributed by atoms with van der Waals surface area (Å²) in [7, 11) is -2.57. The zero-order chi connectivity index (χ0) is 15.7. The molecule has 0 saturated heterocycles. The van der Waals surface area contributed by atoms with Crippen LogP contribution >= 0.6 is 0 Å². The summed E-state index contributed by atoms with van der Waals surface area (Å²) in [6.45, 7) is -0.135. The minimum Gasteiger partial charge on any atom is -0.481 e. The first kappa shape index (κ1) is 15.5. The van der Waals surface area contributed by atoms with Crippen molar-refractivity contribution in [1.29, 1.82) is 0 Å². The van der Waals surface area contributed by atoms with Crippen LogP contribution in [0.3, 0.4) is 0 Å². The number of carbonyl (C=O) groups excluding carboxylic acids is 1. The number of methoxy groups -OCH3 is 1. The summed E-state index contributed by atoms with van der Waals surface area (Å²) < 4.78 is 30.9. The van der Waals surface area contributed by atoms with Gasteiger partial charge in [-0.2, -0.15) is 0 Å². The highest BCUT2D eigenvalue weighted by molar-refractivity contribution is 7.89. The first-order valence-corrected chi connectivity index (χ1v) is 7.70. The number of carboxylic acid groups (broad SMARTS) is 1. The van der Waals surface area contributed by atoms with Crippen LogP contribution in [0.5, 0.6) is 0 Å². The van der Waals surface area contributed by atoms with Crippen molar-refractivity contribution in [2.24, 2.45) is 5.41 Å². The lowest BCUT2D eigenvalue weighted by molar-refractivity contribution is -0.143. The zero-order valence-electron chi connectivity index (χ0n) is 11.3. The monoisotopic (exact) mass is 313 g/mol. The number of hydrogen-bond donors (Lipinski definition) is 2. The van der Waals surface area contributed by atoms with Gasteiger partial charge in [0.05, 0.1) is 23.0 Å². The molecule has 1 aromatic carbocycles. The molecule has 0 aromatic heterocycles. The van der Waals surface area contributed by atoms with Crippen molar-refractivity contribution in [2.75, 3.05) is 13.7 Å². The standard InChI is InChI=1S/C13H15NO6S/c1-20-11(15)9-2-4-10(5-3-9)21(18,19)14-8-13(6-7-13)12(16)17/h2-5,14H,6-8H2,1H3,(H,16,17). The van der Waals surface area contributed by atoms with Crippen LogP contribution < -0.4 is 4.72 Å². The lowest BCUT2D eigenvalue weighted by atomic mass is 10.1. The SMILES string of the molecule is COC(=O)c1ccc(S(=O)(=O)NCC2(C(=O)O)CC2)cc1. The first-order chi connectivity index (χ1) is 9.81. The normalized spacial score (nSPS) is 16.2. The summed E-state index contributed by atoms with van der Waals surface area (Å²) >= 11 is 0. The van der Waals surface area contributed by atoms with Gasteiger partial charge in [-0.15, -0.1) is 0 Å². The van der Waals surface area contributed by atoms with Gasteiger partial charge in [0.2, 0.25) is 10.0 Å². The van der Waals surface area contributed by atoms with Crippen molar-refractivity contribution < 1.29 is 27.9 Å². The highest BCUT2D eigenvalue weighted by atomic mass is 32.2. The lowest BCUT2D eigenvalue weighted by Crippen LogP contribution is -2.34. The Morgan fingerprint density at radius 2 is 1.86 bits per heavy atom. The van der Waals surface area contributed by atoms with E-state index in [-0.39, 0.29) is 17.0 Å². The zero-order valence-corrected chi connectivity index (χ0v) is 12.1. The van der Waals surface area contributed by atoms with E-state index in [0.717, 1.165) is 0 Å². The van der Waals surface area contributed by atoms with Crippen LogP contribution in [0.1, 0.15) is 23.2 Å². The molecule has 1 aliphatic carbocycles. The third-order valence-corrected chi connectivity index (χ3v) is 4.91. The highest BCUT2D eigenvalue weighted by Crippen LogP contribution is 2.45. The summed E-state index contributed by atoms with van der Waals surface area (Å²) in [6, 6.07) is 5.22. The van der Waals surface area contributed by atoms with Crippen LogP contribution in [-0.4, -0.2) is 39.1 Å². The molecule has 0 unspecified atom stereocenters. The molecule has 0 radical (unpaired) electrons. The van der Waals surface area contributed by atoms with Gasteiger partial charge in [0, 0.05) is 6.54 Å². The number of hydrogen-bond acceptors (Lipinski definition) is 5. The van der Waals surface area contributed by atoms with Crippen molar-refractivity contribution in [1.82, 2.24) is 4.72 Å². The summed E-state index contributed by atoms with van der Waals surface area (Å²) in [5.41, 5.74) is -0.736. The van der Waals surface area contributed by atoms with E-state index in [1.165, 1.54) is 31.4 Å². The maximum absolute atomic E-state index is 12.1. The second-order valence-corrected chi connectivity index (χ2v) is 6.69. The second-order valence-electron chi connectivity index (χ2n) is 4.93. The van der Waals surface area contributed by atoms with Crippen LogP contribution in [0.25, 0.3) is 0 Å². The van der Waals surface area contributed by atoms with Crippen molar-refractivity contribution in [3.8, 4) is 0 Å². The second kappa shape index (κ2) is 5.45. The fourth-order valence-electron chi connectivity index (χ4n) is 1.82. The number of aliphatic carboxylic acids is 1. The fourth-order valence-corrected chi connectivity index (χ4v) is 2.95. The molecule has 0 atom stereocenters. The van der Waals surface area contributed by atoms with Crippen LogP contribution in [0.2, 0.25) is 0 Å². The Morgan fingerprint density at radius 3 is 2.29 bits per heavy atom. The van der Waals surface area contributed by atoms with E-state index in [9.17, 15) is 18.0 Å². The molecule has 8 heteroatoms. The predicted molar refractivity (Wildman–Crippen MR) is 72.3 cm³/mol. The molecule has 1 aromatic rings. The van der Waals surface area contributed by atoms with Crippen molar-refractivity contribution in [2.45, 2.75) is 17.7 Å². The molecule has 2 N–H and O–H groups in total. The molecule has 0 amide bonds. The lowest BCUT2D eigenvalue weighted by Gasteiger charge is -2.11. The maximum atomic E-state index is 12.1. The van der Waals surface area contributed by atoms with Gasteiger partial charge in [0.15, 0.2) is 0 Å². The molecule has 21 heavy (non-hydrogen) atoms.